The smallest absolute Gasteiger partial charge is 0.195 e. The summed E-state index contributed by atoms with van der Waals surface area (Å²) in [6.45, 7) is 3.25. The molecule has 3 rings (SSSR count). The molecule has 0 saturated carbocycles. The fraction of sp³-hybridized carbons (Fsp3) is 0.500. The quantitative estimate of drug-likeness (QED) is 0.881. The zero-order chi connectivity index (χ0) is 13.9. The normalized spacial score (nSPS) is 17.4. The van der Waals surface area contributed by atoms with Gasteiger partial charge >= 0.3 is 0 Å². The monoisotopic (exact) mass is 289 g/mol. The summed E-state index contributed by atoms with van der Waals surface area (Å²) in [5.41, 5.74) is 0.868. The minimum Gasteiger partial charge on any atom is -0.306 e. The van der Waals surface area contributed by atoms with Gasteiger partial charge in [-0.15, -0.1) is 0 Å². The van der Waals surface area contributed by atoms with Crippen molar-refractivity contribution in [3.63, 3.8) is 0 Å². The lowest BCUT2D eigenvalue weighted by Crippen LogP contribution is -2.32. The Morgan fingerprint density at radius 1 is 1.35 bits per heavy atom. The Kier molecular flexibility index (Phi) is 3.93. The molecule has 5 nitrogen and oxygen atoms in total. The van der Waals surface area contributed by atoms with Crippen LogP contribution in [0.2, 0.25) is 0 Å². The molecule has 0 aromatic carbocycles. The van der Waals surface area contributed by atoms with Crippen molar-refractivity contribution in [1.82, 2.24) is 24.6 Å². The summed E-state index contributed by atoms with van der Waals surface area (Å²) >= 11 is 5.37. The molecule has 2 aromatic rings. The molecule has 1 aliphatic heterocycles. The number of piperidine rings is 1. The van der Waals surface area contributed by atoms with Gasteiger partial charge in [0.2, 0.25) is 0 Å². The van der Waals surface area contributed by atoms with Crippen LogP contribution >= 0.6 is 12.2 Å². The fourth-order valence-corrected chi connectivity index (χ4v) is 2.89. The molecular formula is C14H19N5S. The van der Waals surface area contributed by atoms with Crippen molar-refractivity contribution in [2.24, 2.45) is 5.92 Å². The van der Waals surface area contributed by atoms with E-state index in [-0.39, 0.29) is 0 Å². The van der Waals surface area contributed by atoms with E-state index in [1.54, 1.807) is 6.20 Å². The SMILES string of the molecule is CN1CCC(Cn2c(-c3ccccn3)n[nH]c2=S)CC1. The topological polar surface area (TPSA) is 49.7 Å². The first-order valence-corrected chi connectivity index (χ1v) is 7.40. The van der Waals surface area contributed by atoms with Crippen molar-refractivity contribution in [3.05, 3.63) is 29.2 Å². The third-order valence-corrected chi connectivity index (χ3v) is 4.24. The van der Waals surface area contributed by atoms with E-state index in [1.807, 2.05) is 18.2 Å². The third-order valence-electron chi connectivity index (χ3n) is 3.93. The number of hydrogen-bond donors (Lipinski definition) is 1. The van der Waals surface area contributed by atoms with Gasteiger partial charge in [0.15, 0.2) is 10.6 Å². The molecule has 0 bridgehead atoms. The Balaban J connectivity index is 1.83. The van der Waals surface area contributed by atoms with Crippen LogP contribution in [0.25, 0.3) is 11.5 Å². The van der Waals surface area contributed by atoms with Gasteiger partial charge in [-0.2, -0.15) is 5.10 Å². The molecule has 0 atom stereocenters. The predicted molar refractivity (Wildman–Crippen MR) is 80.9 cm³/mol. The third kappa shape index (κ3) is 2.81. The lowest BCUT2D eigenvalue weighted by Gasteiger charge is -2.29. The van der Waals surface area contributed by atoms with Crippen LogP contribution in [-0.2, 0) is 6.54 Å². The molecule has 0 amide bonds. The van der Waals surface area contributed by atoms with Gasteiger partial charge < -0.3 is 4.90 Å². The van der Waals surface area contributed by atoms with Gasteiger partial charge in [0.1, 0.15) is 5.69 Å². The molecule has 0 aliphatic carbocycles. The van der Waals surface area contributed by atoms with Gasteiger partial charge in [0.05, 0.1) is 0 Å². The minimum absolute atomic E-state index is 0.665. The number of H-pyrrole nitrogens is 1. The summed E-state index contributed by atoms with van der Waals surface area (Å²) in [4.78, 5) is 6.75. The minimum atomic E-state index is 0.665. The standard InChI is InChI=1S/C14H19N5S/c1-18-8-5-11(6-9-18)10-19-13(16-17-14(19)20)12-4-2-3-7-15-12/h2-4,7,11H,5-6,8-10H2,1H3,(H,17,20). The number of nitrogens with one attached hydrogen (secondary N) is 1. The second-order valence-electron chi connectivity index (χ2n) is 5.42. The average Bonchev–Trinajstić information content (AvgIpc) is 2.84. The summed E-state index contributed by atoms with van der Waals surface area (Å²) in [7, 11) is 2.18. The van der Waals surface area contributed by atoms with Crippen LogP contribution in [0.1, 0.15) is 12.8 Å². The van der Waals surface area contributed by atoms with Gasteiger partial charge in [0, 0.05) is 12.7 Å². The van der Waals surface area contributed by atoms with E-state index in [2.05, 4.69) is 31.7 Å². The number of aromatic amines is 1. The summed E-state index contributed by atoms with van der Waals surface area (Å²) < 4.78 is 2.78. The highest BCUT2D eigenvalue weighted by atomic mass is 32.1. The fourth-order valence-electron chi connectivity index (χ4n) is 2.68. The Hall–Kier alpha value is -1.53. The number of pyridine rings is 1. The summed E-state index contributed by atoms with van der Waals surface area (Å²) in [6.07, 6.45) is 4.21. The van der Waals surface area contributed by atoms with Crippen LogP contribution in [0.15, 0.2) is 24.4 Å². The van der Waals surface area contributed by atoms with Crippen molar-refractivity contribution in [1.29, 1.82) is 0 Å². The number of hydrogen-bond acceptors (Lipinski definition) is 4. The largest absolute Gasteiger partial charge is 0.306 e. The number of aromatic nitrogens is 4. The molecule has 1 aliphatic rings. The lowest BCUT2D eigenvalue weighted by molar-refractivity contribution is 0.205. The number of likely N-dealkylation sites (tertiary alicyclic amines) is 1. The van der Waals surface area contributed by atoms with Crippen molar-refractivity contribution >= 4 is 12.2 Å². The summed E-state index contributed by atoms with van der Waals surface area (Å²) in [6, 6.07) is 5.85. The molecule has 0 spiro atoms. The molecular weight excluding hydrogens is 270 g/mol. The van der Waals surface area contributed by atoms with E-state index in [9.17, 15) is 0 Å². The van der Waals surface area contributed by atoms with Crippen LogP contribution < -0.4 is 0 Å². The highest BCUT2D eigenvalue weighted by Crippen LogP contribution is 2.21. The second-order valence-corrected chi connectivity index (χ2v) is 5.81. The Morgan fingerprint density at radius 2 is 2.15 bits per heavy atom. The lowest BCUT2D eigenvalue weighted by atomic mass is 9.97. The molecule has 1 fully saturated rings. The molecule has 106 valence electrons. The van der Waals surface area contributed by atoms with Gasteiger partial charge in [-0.3, -0.25) is 14.6 Å². The average molecular weight is 289 g/mol. The molecule has 1 saturated heterocycles. The first kappa shape index (κ1) is 13.5. The first-order chi connectivity index (χ1) is 9.74. The number of nitrogens with zero attached hydrogens (tertiary/aromatic N) is 4. The van der Waals surface area contributed by atoms with Gasteiger partial charge in [-0.25, -0.2) is 0 Å². The van der Waals surface area contributed by atoms with Gasteiger partial charge in [-0.05, 0) is 63.2 Å². The highest BCUT2D eigenvalue weighted by Gasteiger charge is 2.19. The van der Waals surface area contributed by atoms with E-state index in [0.717, 1.165) is 31.2 Å². The maximum absolute atomic E-state index is 5.37. The van der Waals surface area contributed by atoms with Gasteiger partial charge in [-0.1, -0.05) is 6.07 Å². The maximum atomic E-state index is 5.37. The zero-order valence-electron chi connectivity index (χ0n) is 11.6. The number of rotatable bonds is 3. The van der Waals surface area contributed by atoms with Gasteiger partial charge in [0.25, 0.3) is 0 Å². The molecule has 2 aromatic heterocycles. The molecule has 6 heteroatoms. The Labute approximate surface area is 123 Å². The van der Waals surface area contributed by atoms with E-state index < -0.39 is 0 Å². The Bertz CT molecular complexity index is 610. The van der Waals surface area contributed by atoms with E-state index >= 15 is 0 Å². The van der Waals surface area contributed by atoms with Crippen molar-refractivity contribution < 1.29 is 0 Å². The highest BCUT2D eigenvalue weighted by molar-refractivity contribution is 7.71. The maximum Gasteiger partial charge on any atom is 0.195 e. The molecule has 20 heavy (non-hydrogen) atoms. The van der Waals surface area contributed by atoms with Crippen molar-refractivity contribution in [2.45, 2.75) is 19.4 Å². The van der Waals surface area contributed by atoms with E-state index in [4.69, 9.17) is 12.2 Å². The summed E-state index contributed by atoms with van der Waals surface area (Å²) in [5.74, 6) is 1.51. The first-order valence-electron chi connectivity index (χ1n) is 6.99. The predicted octanol–water partition coefficient (Wildman–Crippen LogP) is 2.34. The molecule has 0 unspecified atom stereocenters. The molecule has 3 heterocycles. The van der Waals surface area contributed by atoms with Crippen LogP contribution in [0.5, 0.6) is 0 Å². The zero-order valence-corrected chi connectivity index (χ0v) is 12.4. The van der Waals surface area contributed by atoms with Crippen LogP contribution in [0.4, 0.5) is 0 Å². The van der Waals surface area contributed by atoms with Crippen LogP contribution in [0.3, 0.4) is 0 Å². The second kappa shape index (κ2) is 5.85. The van der Waals surface area contributed by atoms with E-state index in [1.165, 1.54) is 12.8 Å². The Morgan fingerprint density at radius 3 is 2.85 bits per heavy atom. The van der Waals surface area contributed by atoms with Crippen LogP contribution in [0, 0.1) is 10.7 Å². The summed E-state index contributed by atoms with van der Waals surface area (Å²) in [5, 5.41) is 7.24. The van der Waals surface area contributed by atoms with Crippen molar-refractivity contribution in [3.8, 4) is 11.5 Å². The molecule has 1 N–H and O–H groups in total. The van der Waals surface area contributed by atoms with Crippen molar-refractivity contribution in [2.75, 3.05) is 20.1 Å². The van der Waals surface area contributed by atoms with E-state index in [0.29, 0.717) is 10.7 Å². The van der Waals surface area contributed by atoms with Crippen LogP contribution in [-0.4, -0.2) is 44.8 Å². The molecule has 0 radical (unpaired) electrons.